The summed E-state index contributed by atoms with van der Waals surface area (Å²) in [4.78, 5) is 10.6. The second-order valence-electron chi connectivity index (χ2n) is 6.52. The largest absolute Gasteiger partial charge is 0.477 e. The van der Waals surface area contributed by atoms with Crippen LogP contribution in [-0.2, 0) is 23.1 Å². The topological polar surface area (TPSA) is 129 Å². The molecule has 10 nitrogen and oxygen atoms in total. The molecular weight excluding hydrogens is 424 g/mol. The molecule has 0 aliphatic carbocycles. The molecule has 1 aromatic heterocycles. The smallest absolute Gasteiger partial charge is 0.312 e. The number of nitro benzene ring substituents is 1. The third-order valence-corrected chi connectivity index (χ3v) is 6.57. The first-order valence-electron chi connectivity index (χ1n) is 9.61. The van der Waals surface area contributed by atoms with Gasteiger partial charge in [0.2, 0.25) is 15.9 Å². The van der Waals surface area contributed by atoms with Gasteiger partial charge in [-0.3, -0.25) is 10.1 Å². The Morgan fingerprint density at radius 3 is 2.39 bits per heavy atom. The van der Waals surface area contributed by atoms with Gasteiger partial charge in [-0.25, -0.2) is 8.42 Å². The van der Waals surface area contributed by atoms with Crippen LogP contribution in [0.1, 0.15) is 31.2 Å². The van der Waals surface area contributed by atoms with Crippen molar-refractivity contribution in [2.24, 2.45) is 0 Å². The highest BCUT2D eigenvalue weighted by Crippen LogP contribution is 2.31. The van der Waals surface area contributed by atoms with Crippen molar-refractivity contribution in [3.05, 3.63) is 76.0 Å². The minimum atomic E-state index is -3.84. The van der Waals surface area contributed by atoms with Crippen molar-refractivity contribution in [2.45, 2.75) is 31.8 Å². The zero-order chi connectivity index (χ0) is 22.4. The molecule has 0 aliphatic heterocycles. The van der Waals surface area contributed by atoms with E-state index < -0.39 is 20.6 Å². The van der Waals surface area contributed by atoms with Gasteiger partial charge in [-0.2, -0.15) is 4.31 Å². The molecule has 0 unspecified atom stereocenters. The quantitative estimate of drug-likeness (QED) is 0.343. The summed E-state index contributed by atoms with van der Waals surface area (Å²) in [6.07, 6.45) is 0.450. The molecule has 0 saturated heterocycles. The second-order valence-corrected chi connectivity index (χ2v) is 8.45. The molecule has 0 fully saturated rings. The molecule has 3 aromatic rings. The minimum absolute atomic E-state index is 0.0914. The average molecular weight is 446 g/mol. The van der Waals surface area contributed by atoms with Crippen molar-refractivity contribution in [1.82, 2.24) is 14.5 Å². The number of benzene rings is 2. The monoisotopic (exact) mass is 446 g/mol. The average Bonchev–Trinajstić information content (AvgIpc) is 3.20. The number of hydrogen-bond donors (Lipinski definition) is 0. The van der Waals surface area contributed by atoms with Crippen molar-refractivity contribution < 1.29 is 22.5 Å². The van der Waals surface area contributed by atoms with Gasteiger partial charge in [0.05, 0.1) is 16.2 Å². The number of sulfonamides is 1. The third kappa shape index (κ3) is 5.25. The van der Waals surface area contributed by atoms with Crippen molar-refractivity contribution >= 4 is 15.7 Å². The van der Waals surface area contributed by atoms with Crippen LogP contribution in [0.5, 0.6) is 5.75 Å². The highest BCUT2D eigenvalue weighted by Gasteiger charge is 2.26. The van der Waals surface area contributed by atoms with Crippen molar-refractivity contribution in [3.8, 4) is 5.75 Å². The van der Waals surface area contributed by atoms with Crippen LogP contribution in [-0.4, -0.2) is 40.9 Å². The highest BCUT2D eigenvalue weighted by atomic mass is 32.2. The maximum Gasteiger partial charge on any atom is 0.312 e. The van der Waals surface area contributed by atoms with E-state index in [1.165, 1.54) is 16.4 Å². The van der Waals surface area contributed by atoms with Crippen molar-refractivity contribution in [3.63, 3.8) is 0 Å². The molecule has 31 heavy (non-hydrogen) atoms. The predicted octanol–water partition coefficient (Wildman–Crippen LogP) is 3.18. The second kappa shape index (κ2) is 9.67. The van der Waals surface area contributed by atoms with Gasteiger partial charge < -0.3 is 9.15 Å². The van der Waals surface area contributed by atoms with Gasteiger partial charge in [0.1, 0.15) is 0 Å². The van der Waals surface area contributed by atoms with Crippen molar-refractivity contribution in [1.29, 1.82) is 0 Å². The molecule has 0 aliphatic rings. The van der Waals surface area contributed by atoms with Crippen LogP contribution in [0.25, 0.3) is 0 Å². The lowest BCUT2D eigenvalue weighted by atomic mass is 10.2. The number of hydrogen-bond acceptors (Lipinski definition) is 8. The molecule has 0 saturated carbocycles. The standard InChI is InChI=1S/C20H22N4O6S/c1-3-23(4-2)31(27,28)16-10-11-18(17(13-16)24(25)26)29-14-20-22-21-19(30-20)12-15-8-6-5-7-9-15/h5-11,13H,3-4,12,14H2,1-2H3. The highest BCUT2D eigenvalue weighted by molar-refractivity contribution is 7.89. The molecule has 0 atom stereocenters. The van der Waals surface area contributed by atoms with E-state index >= 15 is 0 Å². The van der Waals surface area contributed by atoms with Crippen LogP contribution in [0, 0.1) is 10.1 Å². The number of nitro groups is 1. The Morgan fingerprint density at radius 1 is 1.06 bits per heavy atom. The fraction of sp³-hybridized carbons (Fsp3) is 0.300. The number of ether oxygens (including phenoxy) is 1. The summed E-state index contributed by atoms with van der Waals surface area (Å²) in [5.74, 6) is 0.450. The van der Waals surface area contributed by atoms with E-state index in [0.717, 1.165) is 11.6 Å². The van der Waals surface area contributed by atoms with E-state index in [9.17, 15) is 18.5 Å². The Morgan fingerprint density at radius 2 is 1.74 bits per heavy atom. The van der Waals surface area contributed by atoms with E-state index in [0.29, 0.717) is 12.3 Å². The molecule has 1 heterocycles. The van der Waals surface area contributed by atoms with Crippen LogP contribution in [0.2, 0.25) is 0 Å². The molecule has 2 aromatic carbocycles. The first-order valence-corrected chi connectivity index (χ1v) is 11.1. The summed E-state index contributed by atoms with van der Waals surface area (Å²) >= 11 is 0. The van der Waals surface area contributed by atoms with Gasteiger partial charge in [-0.15, -0.1) is 10.2 Å². The molecule has 164 valence electrons. The minimum Gasteiger partial charge on any atom is -0.477 e. The van der Waals surface area contributed by atoms with Gasteiger partial charge in [-0.05, 0) is 17.7 Å². The van der Waals surface area contributed by atoms with Gasteiger partial charge in [-0.1, -0.05) is 44.2 Å². The lowest BCUT2D eigenvalue weighted by molar-refractivity contribution is -0.386. The lowest BCUT2D eigenvalue weighted by Gasteiger charge is -2.18. The van der Waals surface area contributed by atoms with Crippen LogP contribution in [0.15, 0.2) is 57.8 Å². The maximum atomic E-state index is 12.6. The van der Waals surface area contributed by atoms with E-state index in [-0.39, 0.29) is 36.2 Å². The summed E-state index contributed by atoms with van der Waals surface area (Å²) in [7, 11) is -3.84. The van der Waals surface area contributed by atoms with Gasteiger partial charge in [0, 0.05) is 19.2 Å². The molecule has 0 radical (unpaired) electrons. The maximum absolute atomic E-state index is 12.6. The fourth-order valence-electron chi connectivity index (χ4n) is 2.96. The van der Waals surface area contributed by atoms with Crippen molar-refractivity contribution in [2.75, 3.05) is 13.1 Å². The molecule has 3 rings (SSSR count). The first kappa shape index (κ1) is 22.4. The Hall–Kier alpha value is -3.31. The van der Waals surface area contributed by atoms with E-state index in [4.69, 9.17) is 9.15 Å². The Bertz CT molecular complexity index is 1140. The fourth-order valence-corrected chi connectivity index (χ4v) is 4.44. The van der Waals surface area contributed by atoms with E-state index in [1.807, 2.05) is 30.3 Å². The molecular formula is C20H22N4O6S. The van der Waals surface area contributed by atoms with Gasteiger partial charge in [0.25, 0.3) is 5.89 Å². The number of aromatic nitrogens is 2. The Labute approximate surface area is 179 Å². The summed E-state index contributed by atoms with van der Waals surface area (Å²) in [6, 6.07) is 13.1. The Kier molecular flexibility index (Phi) is 6.98. The zero-order valence-corrected chi connectivity index (χ0v) is 17.9. The molecule has 0 spiro atoms. The van der Waals surface area contributed by atoms with Crippen LogP contribution in [0.3, 0.4) is 0 Å². The van der Waals surface area contributed by atoms with Gasteiger partial charge >= 0.3 is 5.69 Å². The zero-order valence-electron chi connectivity index (χ0n) is 17.1. The molecule has 11 heteroatoms. The van der Waals surface area contributed by atoms with Crippen LogP contribution in [0.4, 0.5) is 5.69 Å². The molecule has 0 bridgehead atoms. The summed E-state index contributed by atoms with van der Waals surface area (Å²) in [6.45, 7) is 3.72. The normalized spacial score (nSPS) is 11.6. The van der Waals surface area contributed by atoms with Crippen LogP contribution < -0.4 is 4.74 Å². The van der Waals surface area contributed by atoms with E-state index in [1.54, 1.807) is 13.8 Å². The molecule has 0 amide bonds. The van der Waals surface area contributed by atoms with Gasteiger partial charge in [0.15, 0.2) is 12.4 Å². The number of nitrogens with zero attached hydrogens (tertiary/aromatic N) is 4. The predicted molar refractivity (Wildman–Crippen MR) is 111 cm³/mol. The van der Waals surface area contributed by atoms with E-state index in [2.05, 4.69) is 10.2 Å². The summed E-state index contributed by atoms with van der Waals surface area (Å²) in [5.41, 5.74) is 0.538. The van der Waals surface area contributed by atoms with Crippen LogP contribution >= 0.6 is 0 Å². The summed E-state index contributed by atoms with van der Waals surface area (Å²) in [5, 5.41) is 19.3. The Balaban J connectivity index is 1.75. The third-order valence-electron chi connectivity index (χ3n) is 4.53. The number of rotatable bonds is 10. The SMILES string of the molecule is CCN(CC)S(=O)(=O)c1ccc(OCc2nnc(Cc3ccccc3)o2)c([N+](=O)[O-])c1. The summed E-state index contributed by atoms with van der Waals surface area (Å²) < 4.78 is 37.5. The molecule has 0 N–H and O–H groups in total. The first-order chi connectivity index (χ1) is 14.8. The lowest BCUT2D eigenvalue weighted by Crippen LogP contribution is -2.30.